The van der Waals surface area contributed by atoms with Crippen molar-refractivity contribution >= 4 is 0 Å². The van der Waals surface area contributed by atoms with Crippen LogP contribution in [0.4, 0.5) is 0 Å². The predicted molar refractivity (Wildman–Crippen MR) is 54.5 cm³/mol. The quantitative estimate of drug-likeness (QED) is 0.724. The Bertz CT molecular complexity index is 299. The van der Waals surface area contributed by atoms with Gasteiger partial charge in [-0.2, -0.15) is 0 Å². The van der Waals surface area contributed by atoms with Crippen molar-refractivity contribution in [3.05, 3.63) is 35.8 Å². The maximum absolute atomic E-state index is 5.86. The summed E-state index contributed by atoms with van der Waals surface area (Å²) in [6.45, 7) is 9.96. The highest BCUT2D eigenvalue weighted by Crippen LogP contribution is 2.23. The van der Waals surface area contributed by atoms with E-state index in [1.54, 1.807) is 6.26 Å². The number of hydrogen-bond donors (Lipinski definition) is 1. The minimum Gasteiger partial charge on any atom is -0.467 e. The predicted octanol–water partition coefficient (Wildman–Crippen LogP) is 2.98. The summed E-state index contributed by atoms with van der Waals surface area (Å²) in [6, 6.07) is 1.83. The third-order valence-corrected chi connectivity index (χ3v) is 2.14. The first kappa shape index (κ1) is 10.1. The first-order valence-electron chi connectivity index (χ1n) is 4.51. The Kier molecular flexibility index (Phi) is 2.94. The van der Waals surface area contributed by atoms with Gasteiger partial charge in [0, 0.05) is 0 Å². The van der Waals surface area contributed by atoms with E-state index in [0.717, 1.165) is 11.3 Å². The van der Waals surface area contributed by atoms with Gasteiger partial charge in [0.05, 0.1) is 12.3 Å². The van der Waals surface area contributed by atoms with Crippen molar-refractivity contribution in [1.29, 1.82) is 0 Å². The van der Waals surface area contributed by atoms with E-state index >= 15 is 0 Å². The monoisotopic (exact) mass is 179 g/mol. The van der Waals surface area contributed by atoms with Gasteiger partial charge in [0.1, 0.15) is 5.76 Å². The van der Waals surface area contributed by atoms with Gasteiger partial charge in [0.15, 0.2) is 0 Å². The van der Waals surface area contributed by atoms with Gasteiger partial charge in [0.2, 0.25) is 0 Å². The third kappa shape index (κ3) is 2.22. The van der Waals surface area contributed by atoms with Crippen molar-refractivity contribution in [2.75, 3.05) is 0 Å². The van der Waals surface area contributed by atoms with Crippen LogP contribution >= 0.6 is 0 Å². The van der Waals surface area contributed by atoms with Gasteiger partial charge in [-0.05, 0) is 24.5 Å². The Morgan fingerprint density at radius 1 is 1.54 bits per heavy atom. The number of hydrogen-bond acceptors (Lipinski definition) is 2. The normalized spacial score (nSPS) is 13.3. The van der Waals surface area contributed by atoms with Crippen LogP contribution in [-0.4, -0.2) is 0 Å². The molecular weight excluding hydrogens is 162 g/mol. The van der Waals surface area contributed by atoms with Crippen molar-refractivity contribution in [1.82, 2.24) is 0 Å². The molecule has 0 bridgehead atoms. The summed E-state index contributed by atoms with van der Waals surface area (Å²) in [5, 5.41) is 0. The van der Waals surface area contributed by atoms with E-state index in [4.69, 9.17) is 10.2 Å². The zero-order chi connectivity index (χ0) is 10.0. The second kappa shape index (κ2) is 3.79. The summed E-state index contributed by atoms with van der Waals surface area (Å²) >= 11 is 0. The lowest BCUT2D eigenvalue weighted by molar-refractivity contribution is 0.485. The van der Waals surface area contributed by atoms with Crippen molar-refractivity contribution in [3.63, 3.8) is 0 Å². The van der Waals surface area contributed by atoms with E-state index in [9.17, 15) is 0 Å². The SMILES string of the molecule is C=C(C)[C@@H](N)c1cc(C(C)C)co1. The molecule has 2 heteroatoms. The van der Waals surface area contributed by atoms with Gasteiger partial charge in [-0.1, -0.05) is 26.0 Å². The van der Waals surface area contributed by atoms with E-state index < -0.39 is 0 Å². The average molecular weight is 179 g/mol. The van der Waals surface area contributed by atoms with Gasteiger partial charge >= 0.3 is 0 Å². The largest absolute Gasteiger partial charge is 0.467 e. The molecule has 0 fully saturated rings. The minimum atomic E-state index is -0.174. The highest BCUT2D eigenvalue weighted by atomic mass is 16.3. The van der Waals surface area contributed by atoms with E-state index in [1.165, 1.54) is 5.56 Å². The van der Waals surface area contributed by atoms with Gasteiger partial charge in [-0.25, -0.2) is 0 Å². The summed E-state index contributed by atoms with van der Waals surface area (Å²) in [7, 11) is 0. The van der Waals surface area contributed by atoms with Crippen LogP contribution in [0.3, 0.4) is 0 Å². The molecule has 1 heterocycles. The van der Waals surface area contributed by atoms with Crippen LogP contribution in [-0.2, 0) is 0 Å². The van der Waals surface area contributed by atoms with E-state index in [1.807, 2.05) is 13.0 Å². The van der Waals surface area contributed by atoms with Crippen LogP contribution in [0.25, 0.3) is 0 Å². The van der Waals surface area contributed by atoms with E-state index in [2.05, 4.69) is 20.4 Å². The zero-order valence-corrected chi connectivity index (χ0v) is 8.50. The van der Waals surface area contributed by atoms with Crippen LogP contribution in [0.1, 0.15) is 44.1 Å². The van der Waals surface area contributed by atoms with Crippen molar-refractivity contribution in [2.45, 2.75) is 32.7 Å². The Morgan fingerprint density at radius 2 is 2.15 bits per heavy atom. The maximum atomic E-state index is 5.86. The van der Waals surface area contributed by atoms with Gasteiger partial charge in [-0.3, -0.25) is 0 Å². The zero-order valence-electron chi connectivity index (χ0n) is 8.50. The van der Waals surface area contributed by atoms with Crippen molar-refractivity contribution in [3.8, 4) is 0 Å². The van der Waals surface area contributed by atoms with Crippen LogP contribution in [0, 0.1) is 0 Å². The van der Waals surface area contributed by atoms with E-state index in [0.29, 0.717) is 5.92 Å². The minimum absolute atomic E-state index is 0.174. The van der Waals surface area contributed by atoms with Gasteiger partial charge < -0.3 is 10.2 Å². The Balaban J connectivity index is 2.85. The molecule has 0 saturated heterocycles. The molecule has 1 aromatic heterocycles. The fourth-order valence-corrected chi connectivity index (χ4v) is 1.08. The molecule has 0 spiro atoms. The number of furan rings is 1. The van der Waals surface area contributed by atoms with Gasteiger partial charge in [-0.15, -0.1) is 0 Å². The lowest BCUT2D eigenvalue weighted by Crippen LogP contribution is -2.09. The standard InChI is InChI=1S/C11H17NO/c1-7(2)9-5-10(13-6-9)11(12)8(3)4/h5-7,11H,3,12H2,1-2,4H3/t11-/m1/s1. The summed E-state index contributed by atoms with van der Waals surface area (Å²) in [4.78, 5) is 0. The molecule has 0 radical (unpaired) electrons. The molecule has 2 nitrogen and oxygen atoms in total. The van der Waals surface area contributed by atoms with Crippen LogP contribution < -0.4 is 5.73 Å². The van der Waals surface area contributed by atoms with Gasteiger partial charge in [0.25, 0.3) is 0 Å². The summed E-state index contributed by atoms with van der Waals surface area (Å²) < 4.78 is 5.36. The molecule has 2 N–H and O–H groups in total. The Morgan fingerprint density at radius 3 is 2.54 bits per heavy atom. The number of nitrogens with two attached hydrogens (primary N) is 1. The van der Waals surface area contributed by atoms with Crippen molar-refractivity contribution in [2.24, 2.45) is 5.73 Å². The summed E-state index contributed by atoms with van der Waals surface area (Å²) in [5.74, 6) is 1.28. The highest BCUT2D eigenvalue weighted by molar-refractivity contribution is 5.23. The Hall–Kier alpha value is -1.02. The lowest BCUT2D eigenvalue weighted by atomic mass is 10.0. The molecule has 1 atom stereocenters. The molecule has 0 aliphatic heterocycles. The second-order valence-electron chi connectivity index (χ2n) is 3.76. The average Bonchev–Trinajstić information content (AvgIpc) is 2.50. The first-order chi connectivity index (χ1) is 6.02. The number of rotatable bonds is 3. The molecule has 72 valence electrons. The van der Waals surface area contributed by atoms with Crippen molar-refractivity contribution < 1.29 is 4.42 Å². The molecule has 0 unspecified atom stereocenters. The smallest absolute Gasteiger partial charge is 0.124 e. The topological polar surface area (TPSA) is 39.2 Å². The molecule has 1 aromatic rings. The summed E-state index contributed by atoms with van der Waals surface area (Å²) in [5.41, 5.74) is 7.97. The lowest BCUT2D eigenvalue weighted by Gasteiger charge is -2.06. The molecular formula is C11H17NO. The third-order valence-electron chi connectivity index (χ3n) is 2.14. The second-order valence-corrected chi connectivity index (χ2v) is 3.76. The molecule has 13 heavy (non-hydrogen) atoms. The van der Waals surface area contributed by atoms with Crippen LogP contribution in [0.2, 0.25) is 0 Å². The maximum Gasteiger partial charge on any atom is 0.124 e. The Labute approximate surface area is 79.4 Å². The molecule has 0 aliphatic rings. The molecule has 0 aromatic carbocycles. The first-order valence-corrected chi connectivity index (χ1v) is 4.51. The van der Waals surface area contributed by atoms with Crippen LogP contribution in [0.5, 0.6) is 0 Å². The summed E-state index contributed by atoms with van der Waals surface area (Å²) in [6.07, 6.45) is 1.77. The molecule has 0 saturated carbocycles. The molecule has 0 aliphatic carbocycles. The fraction of sp³-hybridized carbons (Fsp3) is 0.455. The van der Waals surface area contributed by atoms with Crippen LogP contribution in [0.15, 0.2) is 28.9 Å². The molecule has 0 amide bonds. The fourth-order valence-electron chi connectivity index (χ4n) is 1.08. The molecule has 1 rings (SSSR count). The van der Waals surface area contributed by atoms with E-state index in [-0.39, 0.29) is 6.04 Å². The highest BCUT2D eigenvalue weighted by Gasteiger charge is 2.12.